The summed E-state index contributed by atoms with van der Waals surface area (Å²) < 4.78 is 10.00. The SMILES string of the molecule is NNC(=O)COCc1ccc2[nH]c(=O)oc2c1. The standard InChI is InChI=1S/C10H11N3O4/c11-13-9(14)5-16-4-6-1-2-7-8(3-6)17-10(15)12-7/h1-3H,4-5,11H2,(H,12,15)(H,13,14). The lowest BCUT2D eigenvalue weighted by Gasteiger charge is -2.02. The van der Waals surface area contributed by atoms with E-state index >= 15 is 0 Å². The Labute approximate surface area is 95.5 Å². The first-order valence-electron chi connectivity index (χ1n) is 4.88. The first-order valence-corrected chi connectivity index (χ1v) is 4.88. The summed E-state index contributed by atoms with van der Waals surface area (Å²) in [5.41, 5.74) is 3.83. The number of fused-ring (bicyclic) bond motifs is 1. The molecule has 7 nitrogen and oxygen atoms in total. The van der Waals surface area contributed by atoms with Gasteiger partial charge in [-0.15, -0.1) is 0 Å². The van der Waals surface area contributed by atoms with E-state index in [0.717, 1.165) is 5.56 Å². The maximum absolute atomic E-state index is 10.9. The Morgan fingerprint density at radius 1 is 1.53 bits per heavy atom. The molecule has 0 saturated heterocycles. The van der Waals surface area contributed by atoms with Gasteiger partial charge in [0.25, 0.3) is 5.91 Å². The molecular formula is C10H11N3O4. The molecule has 2 rings (SSSR count). The van der Waals surface area contributed by atoms with E-state index in [1.165, 1.54) is 0 Å². The molecule has 7 heteroatoms. The highest BCUT2D eigenvalue weighted by Crippen LogP contribution is 2.12. The lowest BCUT2D eigenvalue weighted by molar-refractivity contribution is -0.126. The Hall–Kier alpha value is -2.12. The summed E-state index contributed by atoms with van der Waals surface area (Å²) >= 11 is 0. The summed E-state index contributed by atoms with van der Waals surface area (Å²) in [7, 11) is 0. The van der Waals surface area contributed by atoms with Crippen LogP contribution in [0.25, 0.3) is 11.1 Å². The van der Waals surface area contributed by atoms with Crippen molar-refractivity contribution in [3.63, 3.8) is 0 Å². The second-order valence-corrected chi connectivity index (χ2v) is 3.41. The van der Waals surface area contributed by atoms with Crippen molar-refractivity contribution in [1.29, 1.82) is 0 Å². The summed E-state index contributed by atoms with van der Waals surface area (Å²) in [5.74, 6) is 3.99. The topological polar surface area (TPSA) is 110 Å². The number of nitrogens with two attached hydrogens (primary N) is 1. The average molecular weight is 237 g/mol. The molecule has 0 bridgehead atoms. The van der Waals surface area contributed by atoms with Gasteiger partial charge in [-0.3, -0.25) is 15.2 Å². The van der Waals surface area contributed by atoms with Crippen LogP contribution < -0.4 is 17.0 Å². The molecule has 4 N–H and O–H groups in total. The van der Waals surface area contributed by atoms with E-state index in [4.69, 9.17) is 15.0 Å². The van der Waals surface area contributed by atoms with Crippen LogP contribution in [0.15, 0.2) is 27.4 Å². The number of carbonyl (C=O) groups is 1. The van der Waals surface area contributed by atoms with Crippen LogP contribution in [0.4, 0.5) is 0 Å². The molecule has 0 radical (unpaired) electrons. The summed E-state index contributed by atoms with van der Waals surface area (Å²) in [6.45, 7) is 0.115. The molecule has 0 spiro atoms. The fraction of sp³-hybridized carbons (Fsp3) is 0.200. The van der Waals surface area contributed by atoms with Gasteiger partial charge in [-0.05, 0) is 17.7 Å². The minimum Gasteiger partial charge on any atom is -0.408 e. The summed E-state index contributed by atoms with van der Waals surface area (Å²) in [5, 5.41) is 0. The Morgan fingerprint density at radius 3 is 3.12 bits per heavy atom. The lowest BCUT2D eigenvalue weighted by Crippen LogP contribution is -2.33. The Kier molecular flexibility index (Phi) is 3.22. The van der Waals surface area contributed by atoms with Crippen LogP contribution in [-0.2, 0) is 16.1 Å². The predicted molar refractivity (Wildman–Crippen MR) is 58.8 cm³/mol. The molecular weight excluding hydrogens is 226 g/mol. The maximum Gasteiger partial charge on any atom is 0.417 e. The molecule has 0 fully saturated rings. The first kappa shape index (κ1) is 11.4. The van der Waals surface area contributed by atoms with Gasteiger partial charge in [-0.25, -0.2) is 10.6 Å². The van der Waals surface area contributed by atoms with Crippen LogP contribution in [0.5, 0.6) is 0 Å². The molecule has 17 heavy (non-hydrogen) atoms. The molecule has 1 heterocycles. The highest BCUT2D eigenvalue weighted by molar-refractivity contribution is 5.76. The Balaban J connectivity index is 2.04. The second kappa shape index (κ2) is 4.81. The Morgan fingerprint density at radius 2 is 2.35 bits per heavy atom. The molecule has 0 saturated carbocycles. The van der Waals surface area contributed by atoms with E-state index < -0.39 is 11.7 Å². The molecule has 0 unspecified atom stereocenters. The number of aromatic nitrogens is 1. The third kappa shape index (κ3) is 2.71. The zero-order valence-electron chi connectivity index (χ0n) is 8.86. The maximum atomic E-state index is 10.9. The number of hydrazine groups is 1. The lowest BCUT2D eigenvalue weighted by atomic mass is 10.2. The summed E-state index contributed by atoms with van der Waals surface area (Å²) in [6.07, 6.45) is 0. The van der Waals surface area contributed by atoms with E-state index in [1.54, 1.807) is 18.2 Å². The number of oxazole rings is 1. The zero-order chi connectivity index (χ0) is 12.3. The van der Waals surface area contributed by atoms with Crippen molar-refractivity contribution in [2.24, 2.45) is 5.84 Å². The van der Waals surface area contributed by atoms with Gasteiger partial charge in [0.2, 0.25) is 0 Å². The molecule has 90 valence electrons. The number of benzene rings is 1. The summed E-state index contributed by atoms with van der Waals surface area (Å²) in [4.78, 5) is 24.2. The van der Waals surface area contributed by atoms with Crippen molar-refractivity contribution in [3.8, 4) is 0 Å². The van der Waals surface area contributed by atoms with E-state index in [2.05, 4.69) is 4.98 Å². The van der Waals surface area contributed by atoms with Crippen LogP contribution in [0.2, 0.25) is 0 Å². The average Bonchev–Trinajstić information content (AvgIpc) is 2.68. The van der Waals surface area contributed by atoms with Crippen LogP contribution in [0.1, 0.15) is 5.56 Å². The van der Waals surface area contributed by atoms with Crippen molar-refractivity contribution >= 4 is 17.0 Å². The van der Waals surface area contributed by atoms with Gasteiger partial charge < -0.3 is 9.15 Å². The minimum absolute atomic E-state index is 0.119. The van der Waals surface area contributed by atoms with Crippen molar-refractivity contribution in [2.75, 3.05) is 6.61 Å². The molecule has 2 aromatic rings. The number of nitrogens with one attached hydrogen (secondary N) is 2. The smallest absolute Gasteiger partial charge is 0.408 e. The monoisotopic (exact) mass is 237 g/mol. The van der Waals surface area contributed by atoms with Crippen molar-refractivity contribution < 1.29 is 13.9 Å². The van der Waals surface area contributed by atoms with E-state index in [9.17, 15) is 9.59 Å². The van der Waals surface area contributed by atoms with Gasteiger partial charge in [-0.2, -0.15) is 0 Å². The third-order valence-electron chi connectivity index (χ3n) is 2.15. The van der Waals surface area contributed by atoms with E-state index in [0.29, 0.717) is 11.1 Å². The zero-order valence-corrected chi connectivity index (χ0v) is 8.86. The number of rotatable bonds is 4. The second-order valence-electron chi connectivity index (χ2n) is 3.41. The van der Waals surface area contributed by atoms with E-state index in [1.807, 2.05) is 5.43 Å². The van der Waals surface area contributed by atoms with Gasteiger partial charge >= 0.3 is 5.76 Å². The van der Waals surface area contributed by atoms with Gasteiger partial charge in [0.05, 0.1) is 12.1 Å². The number of hydrogen-bond acceptors (Lipinski definition) is 5. The number of aromatic amines is 1. The fourth-order valence-electron chi connectivity index (χ4n) is 1.38. The van der Waals surface area contributed by atoms with Crippen molar-refractivity contribution in [1.82, 2.24) is 10.4 Å². The molecule has 0 aliphatic heterocycles. The van der Waals surface area contributed by atoms with Gasteiger partial charge in [0, 0.05) is 0 Å². The highest BCUT2D eigenvalue weighted by atomic mass is 16.5. The molecule has 1 aromatic heterocycles. The third-order valence-corrected chi connectivity index (χ3v) is 2.15. The number of amides is 1. The quantitative estimate of drug-likeness (QED) is 0.381. The van der Waals surface area contributed by atoms with Crippen molar-refractivity contribution in [3.05, 3.63) is 34.3 Å². The molecule has 0 atom stereocenters. The number of ether oxygens (including phenoxy) is 1. The van der Waals surface area contributed by atoms with Crippen LogP contribution in [0.3, 0.4) is 0 Å². The van der Waals surface area contributed by atoms with Gasteiger partial charge in [0.15, 0.2) is 5.58 Å². The van der Waals surface area contributed by atoms with Crippen LogP contribution in [-0.4, -0.2) is 17.5 Å². The van der Waals surface area contributed by atoms with Crippen molar-refractivity contribution in [2.45, 2.75) is 6.61 Å². The highest BCUT2D eigenvalue weighted by Gasteiger charge is 2.03. The first-order chi connectivity index (χ1) is 8.19. The molecule has 1 amide bonds. The molecule has 0 aliphatic rings. The van der Waals surface area contributed by atoms with Gasteiger partial charge in [-0.1, -0.05) is 6.07 Å². The molecule has 1 aromatic carbocycles. The predicted octanol–water partition coefficient (Wildman–Crippen LogP) is -0.372. The number of H-pyrrole nitrogens is 1. The largest absolute Gasteiger partial charge is 0.417 e. The summed E-state index contributed by atoms with van der Waals surface area (Å²) in [6, 6.07) is 5.16. The van der Waals surface area contributed by atoms with E-state index in [-0.39, 0.29) is 13.2 Å². The van der Waals surface area contributed by atoms with Gasteiger partial charge in [0.1, 0.15) is 6.61 Å². The normalized spacial score (nSPS) is 10.6. The Bertz CT molecular complexity index is 586. The fourth-order valence-corrected chi connectivity index (χ4v) is 1.38. The van der Waals surface area contributed by atoms with Crippen LogP contribution >= 0.6 is 0 Å². The number of hydrogen-bond donors (Lipinski definition) is 3. The molecule has 0 aliphatic carbocycles. The minimum atomic E-state index is -0.499. The number of carbonyl (C=O) groups excluding carboxylic acids is 1. The van der Waals surface area contributed by atoms with Crippen LogP contribution in [0, 0.1) is 0 Å².